The highest BCUT2D eigenvalue weighted by molar-refractivity contribution is 6.07. The largest absolute Gasteiger partial charge is 0.325 e. The summed E-state index contributed by atoms with van der Waals surface area (Å²) in [5.41, 5.74) is 0.989. The van der Waals surface area contributed by atoms with E-state index in [9.17, 15) is 9.59 Å². The van der Waals surface area contributed by atoms with Gasteiger partial charge in [0.15, 0.2) is 0 Å². The van der Waals surface area contributed by atoms with E-state index in [2.05, 4.69) is 31.2 Å². The van der Waals surface area contributed by atoms with E-state index in [1.165, 1.54) is 10.5 Å². The van der Waals surface area contributed by atoms with Crippen LogP contribution in [-0.2, 0) is 22.3 Å². The van der Waals surface area contributed by atoms with Crippen LogP contribution in [0.25, 0.3) is 0 Å². The Morgan fingerprint density at radius 2 is 1.80 bits per heavy atom. The van der Waals surface area contributed by atoms with Gasteiger partial charge in [-0.1, -0.05) is 45.0 Å². The van der Waals surface area contributed by atoms with Gasteiger partial charge in [0.25, 0.3) is 5.91 Å². The number of carbonyl (C=O) groups is 2. The van der Waals surface area contributed by atoms with Gasteiger partial charge in [0.2, 0.25) is 0 Å². The van der Waals surface area contributed by atoms with Crippen molar-refractivity contribution in [1.29, 1.82) is 0 Å². The van der Waals surface area contributed by atoms with E-state index in [0.717, 1.165) is 5.56 Å². The lowest BCUT2D eigenvalue weighted by Crippen LogP contribution is -2.41. The summed E-state index contributed by atoms with van der Waals surface area (Å²) in [4.78, 5) is 26.5. The monoisotopic (exact) mass is 340 g/mol. The van der Waals surface area contributed by atoms with Gasteiger partial charge in [-0.25, -0.2) is 4.79 Å². The average Bonchev–Trinajstić information content (AvgIpc) is 3.14. The molecular formula is C19H24N4O2. The minimum atomic E-state index is -1.03. The lowest BCUT2D eigenvalue weighted by atomic mass is 9.84. The van der Waals surface area contributed by atoms with Crippen molar-refractivity contribution < 1.29 is 9.59 Å². The zero-order chi connectivity index (χ0) is 18.2. The maximum absolute atomic E-state index is 12.9. The second-order valence-corrected chi connectivity index (χ2v) is 7.61. The Kier molecular flexibility index (Phi) is 4.14. The Balaban J connectivity index is 1.79. The molecule has 3 rings (SSSR count). The fourth-order valence-electron chi connectivity index (χ4n) is 3.03. The number of hydrogen-bond donors (Lipinski definition) is 1. The molecule has 0 bridgehead atoms. The Hall–Kier alpha value is -2.63. The third-order valence-electron chi connectivity index (χ3n) is 4.72. The number of benzene rings is 1. The van der Waals surface area contributed by atoms with Gasteiger partial charge in [-0.15, -0.1) is 0 Å². The molecule has 132 valence electrons. The maximum atomic E-state index is 12.9. The minimum Gasteiger partial charge on any atom is -0.319 e. The number of amides is 3. The van der Waals surface area contributed by atoms with Gasteiger partial charge >= 0.3 is 6.03 Å². The zero-order valence-corrected chi connectivity index (χ0v) is 15.1. The molecule has 1 saturated heterocycles. The molecule has 0 saturated carbocycles. The average molecular weight is 340 g/mol. The molecule has 1 atom stereocenters. The van der Waals surface area contributed by atoms with E-state index in [1.54, 1.807) is 17.8 Å². The number of nitrogens with zero attached hydrogens (tertiary/aromatic N) is 3. The van der Waals surface area contributed by atoms with Crippen LogP contribution in [0.3, 0.4) is 0 Å². The summed E-state index contributed by atoms with van der Waals surface area (Å²) >= 11 is 0. The van der Waals surface area contributed by atoms with Crippen LogP contribution in [0, 0.1) is 0 Å². The second-order valence-electron chi connectivity index (χ2n) is 7.61. The second kappa shape index (κ2) is 6.02. The van der Waals surface area contributed by atoms with Crippen molar-refractivity contribution in [3.8, 4) is 0 Å². The number of imide groups is 1. The van der Waals surface area contributed by atoms with Crippen LogP contribution >= 0.6 is 0 Å². The lowest BCUT2D eigenvalue weighted by Gasteiger charge is -2.24. The number of nitrogens with one attached hydrogen (secondary N) is 1. The van der Waals surface area contributed by atoms with Crippen molar-refractivity contribution in [3.05, 3.63) is 53.9 Å². The molecule has 0 spiro atoms. The van der Waals surface area contributed by atoms with Crippen molar-refractivity contribution in [3.63, 3.8) is 0 Å². The van der Waals surface area contributed by atoms with E-state index in [1.807, 2.05) is 36.5 Å². The summed E-state index contributed by atoms with van der Waals surface area (Å²) in [6, 6.07) is 9.34. The summed E-state index contributed by atoms with van der Waals surface area (Å²) in [5.74, 6) is -0.229. The van der Waals surface area contributed by atoms with Crippen LogP contribution in [0.5, 0.6) is 0 Å². The molecule has 25 heavy (non-hydrogen) atoms. The van der Waals surface area contributed by atoms with E-state index in [0.29, 0.717) is 13.1 Å². The van der Waals surface area contributed by atoms with Gasteiger partial charge in [-0.2, -0.15) is 5.10 Å². The van der Waals surface area contributed by atoms with E-state index >= 15 is 0 Å². The van der Waals surface area contributed by atoms with Gasteiger partial charge in [0.1, 0.15) is 5.54 Å². The van der Waals surface area contributed by atoms with Crippen LogP contribution in [-0.4, -0.2) is 33.2 Å². The first-order chi connectivity index (χ1) is 11.7. The first-order valence-corrected chi connectivity index (χ1v) is 8.44. The quantitative estimate of drug-likeness (QED) is 0.870. The Morgan fingerprint density at radius 3 is 2.36 bits per heavy atom. The summed E-state index contributed by atoms with van der Waals surface area (Å²) < 4.78 is 1.70. The summed E-state index contributed by atoms with van der Waals surface area (Å²) in [6.45, 7) is 8.95. The zero-order valence-electron chi connectivity index (χ0n) is 15.1. The molecule has 1 N–H and O–H groups in total. The fourth-order valence-corrected chi connectivity index (χ4v) is 3.03. The van der Waals surface area contributed by atoms with Crippen LogP contribution < -0.4 is 5.32 Å². The van der Waals surface area contributed by atoms with E-state index in [4.69, 9.17) is 0 Å². The van der Waals surface area contributed by atoms with Crippen LogP contribution in [0.15, 0.2) is 42.7 Å². The lowest BCUT2D eigenvalue weighted by molar-refractivity contribution is -0.131. The van der Waals surface area contributed by atoms with E-state index < -0.39 is 5.54 Å². The van der Waals surface area contributed by atoms with Crippen molar-refractivity contribution in [2.75, 3.05) is 6.54 Å². The summed E-state index contributed by atoms with van der Waals surface area (Å²) in [5, 5.41) is 6.94. The summed E-state index contributed by atoms with van der Waals surface area (Å²) in [6.07, 6.45) is 3.48. The van der Waals surface area contributed by atoms with Gasteiger partial charge in [0.05, 0.1) is 13.1 Å². The first kappa shape index (κ1) is 17.2. The first-order valence-electron chi connectivity index (χ1n) is 8.44. The van der Waals surface area contributed by atoms with Crippen molar-refractivity contribution >= 4 is 11.9 Å². The highest BCUT2D eigenvalue weighted by Gasteiger charge is 2.48. The van der Waals surface area contributed by atoms with Crippen molar-refractivity contribution in [2.45, 2.75) is 45.2 Å². The SMILES string of the molecule is CC(C)(C)c1ccc(C2(C)NC(=O)N(CCn3cccn3)C2=O)cc1. The number of aromatic nitrogens is 2. The molecule has 0 radical (unpaired) electrons. The molecule has 1 aliphatic heterocycles. The van der Waals surface area contributed by atoms with E-state index in [-0.39, 0.29) is 17.4 Å². The Bertz CT molecular complexity index is 775. The predicted octanol–water partition coefficient (Wildman–Crippen LogP) is 2.65. The Labute approximate surface area is 147 Å². The number of urea groups is 1. The molecule has 1 aromatic carbocycles. The topological polar surface area (TPSA) is 67.2 Å². The maximum Gasteiger partial charge on any atom is 0.325 e. The molecule has 0 aliphatic carbocycles. The third-order valence-corrected chi connectivity index (χ3v) is 4.72. The minimum absolute atomic E-state index is 0.0398. The standard InChI is InChI=1S/C19H24N4O2/c1-18(2,3)14-6-8-15(9-7-14)19(4)16(24)23(17(25)21-19)13-12-22-11-5-10-20-22/h5-11H,12-13H2,1-4H3,(H,21,25). The van der Waals surface area contributed by atoms with Gasteiger partial charge < -0.3 is 5.32 Å². The predicted molar refractivity (Wildman–Crippen MR) is 95.0 cm³/mol. The van der Waals surface area contributed by atoms with Gasteiger partial charge in [0, 0.05) is 12.4 Å². The van der Waals surface area contributed by atoms with Gasteiger partial charge in [-0.3, -0.25) is 14.4 Å². The van der Waals surface area contributed by atoms with Gasteiger partial charge in [-0.05, 0) is 29.5 Å². The molecule has 3 amide bonds. The molecule has 2 heterocycles. The smallest absolute Gasteiger partial charge is 0.319 e. The van der Waals surface area contributed by atoms with Crippen LogP contribution in [0.1, 0.15) is 38.8 Å². The van der Waals surface area contributed by atoms with Crippen LogP contribution in [0.2, 0.25) is 0 Å². The fraction of sp³-hybridized carbons (Fsp3) is 0.421. The molecule has 1 aromatic heterocycles. The molecule has 1 fully saturated rings. The molecule has 6 nitrogen and oxygen atoms in total. The van der Waals surface area contributed by atoms with Crippen LogP contribution in [0.4, 0.5) is 4.79 Å². The normalized spacial score (nSPS) is 20.9. The molecule has 1 unspecified atom stereocenters. The number of rotatable bonds is 4. The third kappa shape index (κ3) is 3.16. The molecular weight excluding hydrogens is 316 g/mol. The van der Waals surface area contributed by atoms with Crippen molar-refractivity contribution in [2.24, 2.45) is 0 Å². The molecule has 1 aliphatic rings. The Morgan fingerprint density at radius 1 is 1.12 bits per heavy atom. The summed E-state index contributed by atoms with van der Waals surface area (Å²) in [7, 11) is 0. The number of carbonyl (C=O) groups excluding carboxylic acids is 2. The molecule has 2 aromatic rings. The number of hydrogen-bond acceptors (Lipinski definition) is 3. The van der Waals surface area contributed by atoms with Crippen molar-refractivity contribution in [1.82, 2.24) is 20.0 Å². The molecule has 6 heteroatoms. The highest BCUT2D eigenvalue weighted by atomic mass is 16.2. The highest BCUT2D eigenvalue weighted by Crippen LogP contribution is 2.31.